The summed E-state index contributed by atoms with van der Waals surface area (Å²) in [6, 6.07) is 80.3. The van der Waals surface area contributed by atoms with E-state index in [1.807, 2.05) is 72.8 Å². The quantitative estimate of drug-likeness (QED) is 0.159. The molecule has 14 rings (SSSR count). The van der Waals surface area contributed by atoms with Crippen LogP contribution in [-0.2, 0) is 0 Å². The molecular formula is C63H38N4O2. The molecule has 0 atom stereocenters. The highest BCUT2D eigenvalue weighted by atomic mass is 16.3. The molecule has 0 saturated carbocycles. The Morgan fingerprint density at radius 3 is 1.46 bits per heavy atom. The van der Waals surface area contributed by atoms with Gasteiger partial charge in [-0.3, -0.25) is 0 Å². The number of para-hydroxylation sites is 3. The molecule has 4 heterocycles. The van der Waals surface area contributed by atoms with Crippen molar-refractivity contribution in [1.29, 1.82) is 0 Å². The first kappa shape index (κ1) is 38.8. The Kier molecular flexibility index (Phi) is 8.79. The van der Waals surface area contributed by atoms with Crippen LogP contribution in [0.1, 0.15) is 0 Å². The van der Waals surface area contributed by atoms with Crippen molar-refractivity contribution in [3.8, 4) is 73.2 Å². The third-order valence-electron chi connectivity index (χ3n) is 13.5. The van der Waals surface area contributed by atoms with Gasteiger partial charge in [0, 0.05) is 54.6 Å². The van der Waals surface area contributed by atoms with Crippen molar-refractivity contribution in [1.82, 2.24) is 19.5 Å². The van der Waals surface area contributed by atoms with Crippen molar-refractivity contribution in [3.63, 3.8) is 0 Å². The molecule has 0 N–H and O–H groups in total. The normalized spacial score (nSPS) is 11.8. The molecule has 0 unspecified atom stereocenters. The van der Waals surface area contributed by atoms with Crippen LogP contribution in [0.3, 0.4) is 0 Å². The summed E-state index contributed by atoms with van der Waals surface area (Å²) in [4.78, 5) is 15.1. The average molecular weight is 883 g/mol. The number of nitrogens with zero attached hydrogens (tertiary/aromatic N) is 4. The third kappa shape index (κ3) is 6.30. The van der Waals surface area contributed by atoms with Crippen LogP contribution in [0, 0.1) is 0 Å². The summed E-state index contributed by atoms with van der Waals surface area (Å²) >= 11 is 0. The topological polar surface area (TPSA) is 69.9 Å². The van der Waals surface area contributed by atoms with Crippen molar-refractivity contribution in [2.75, 3.05) is 0 Å². The summed E-state index contributed by atoms with van der Waals surface area (Å²) in [5.41, 5.74) is 15.7. The highest BCUT2D eigenvalue weighted by Crippen LogP contribution is 2.47. The van der Waals surface area contributed by atoms with Crippen LogP contribution in [0.2, 0.25) is 0 Å². The lowest BCUT2D eigenvalue weighted by Crippen LogP contribution is -2.00. The van der Waals surface area contributed by atoms with Crippen LogP contribution in [0.4, 0.5) is 0 Å². The van der Waals surface area contributed by atoms with E-state index in [1.165, 1.54) is 21.9 Å². The van der Waals surface area contributed by atoms with Gasteiger partial charge in [0.15, 0.2) is 23.1 Å². The number of hydrogen-bond donors (Lipinski definition) is 0. The van der Waals surface area contributed by atoms with Crippen LogP contribution in [0.5, 0.6) is 0 Å². The van der Waals surface area contributed by atoms with E-state index in [1.54, 1.807) is 0 Å². The first-order chi connectivity index (χ1) is 34.2. The summed E-state index contributed by atoms with van der Waals surface area (Å²) in [5, 5.41) is 6.52. The molecule has 14 aromatic rings. The average Bonchev–Trinajstić information content (AvgIpc) is 4.12. The second-order valence-corrected chi connectivity index (χ2v) is 17.5. The summed E-state index contributed by atoms with van der Waals surface area (Å²) in [5.74, 6) is 1.84. The molecule has 6 heteroatoms. The molecule has 322 valence electrons. The second kappa shape index (κ2) is 15.6. The molecular weight excluding hydrogens is 845 g/mol. The van der Waals surface area contributed by atoms with Crippen LogP contribution >= 0.6 is 0 Å². The Morgan fingerprint density at radius 1 is 0.290 bits per heavy atom. The van der Waals surface area contributed by atoms with Gasteiger partial charge in [-0.25, -0.2) is 15.0 Å². The van der Waals surface area contributed by atoms with Crippen LogP contribution in [0.15, 0.2) is 239 Å². The SMILES string of the molecule is c1ccc(-c2ccc3c(c2)c2ccccc2n3-c2ccc(-c3ccc(-c4cccc(-c5nc(-c6ccccc6)nc(-c6ccccc6)n5)c4)c4c3oc3ccccc34)c3c2oc2ccccc23)cc1. The predicted octanol–water partition coefficient (Wildman–Crippen LogP) is 16.8. The minimum absolute atomic E-state index is 0.601. The van der Waals surface area contributed by atoms with Gasteiger partial charge < -0.3 is 13.4 Å². The number of furan rings is 2. The maximum atomic E-state index is 6.99. The van der Waals surface area contributed by atoms with Crippen molar-refractivity contribution in [3.05, 3.63) is 231 Å². The molecule has 0 fully saturated rings. The second-order valence-electron chi connectivity index (χ2n) is 17.5. The van der Waals surface area contributed by atoms with Crippen molar-refractivity contribution >= 4 is 65.7 Å². The molecule has 0 saturated heterocycles. The Labute approximate surface area is 396 Å². The fourth-order valence-corrected chi connectivity index (χ4v) is 10.3. The molecule has 0 aliphatic heterocycles. The summed E-state index contributed by atoms with van der Waals surface area (Å²) < 4.78 is 16.3. The maximum Gasteiger partial charge on any atom is 0.164 e. The summed E-state index contributed by atoms with van der Waals surface area (Å²) in [7, 11) is 0. The third-order valence-corrected chi connectivity index (χ3v) is 13.5. The molecule has 0 amide bonds. The van der Waals surface area contributed by atoms with E-state index in [2.05, 4.69) is 162 Å². The number of hydrogen-bond acceptors (Lipinski definition) is 5. The van der Waals surface area contributed by atoms with Crippen molar-refractivity contribution in [2.45, 2.75) is 0 Å². The van der Waals surface area contributed by atoms with Gasteiger partial charge in [0.1, 0.15) is 16.7 Å². The maximum absolute atomic E-state index is 6.99. The minimum Gasteiger partial charge on any atom is -0.455 e. The van der Waals surface area contributed by atoms with Gasteiger partial charge in [-0.15, -0.1) is 0 Å². The Balaban J connectivity index is 0.963. The zero-order chi connectivity index (χ0) is 45.4. The highest BCUT2D eigenvalue weighted by Gasteiger charge is 2.24. The monoisotopic (exact) mass is 882 g/mol. The number of rotatable bonds is 7. The van der Waals surface area contributed by atoms with E-state index >= 15 is 0 Å². The fourth-order valence-electron chi connectivity index (χ4n) is 10.3. The van der Waals surface area contributed by atoms with E-state index in [0.29, 0.717) is 17.5 Å². The molecule has 0 aliphatic rings. The molecule has 0 spiro atoms. The predicted molar refractivity (Wildman–Crippen MR) is 281 cm³/mol. The molecule has 0 bridgehead atoms. The van der Waals surface area contributed by atoms with Crippen LogP contribution in [-0.4, -0.2) is 19.5 Å². The zero-order valence-electron chi connectivity index (χ0n) is 37.0. The van der Waals surface area contributed by atoms with Gasteiger partial charge in [0.2, 0.25) is 0 Å². The number of fused-ring (bicyclic) bond motifs is 9. The van der Waals surface area contributed by atoms with E-state index in [4.69, 9.17) is 23.8 Å². The zero-order valence-corrected chi connectivity index (χ0v) is 37.0. The minimum atomic E-state index is 0.601. The fraction of sp³-hybridized carbons (Fsp3) is 0. The lowest BCUT2D eigenvalue weighted by Gasteiger charge is -2.13. The molecule has 4 aromatic heterocycles. The summed E-state index contributed by atoms with van der Waals surface area (Å²) in [6.07, 6.45) is 0. The van der Waals surface area contributed by atoms with Crippen molar-refractivity contribution in [2.24, 2.45) is 0 Å². The first-order valence-electron chi connectivity index (χ1n) is 23.2. The Bertz CT molecular complexity index is 4250. The first-order valence-corrected chi connectivity index (χ1v) is 23.2. The lowest BCUT2D eigenvalue weighted by molar-refractivity contribution is 0.666. The van der Waals surface area contributed by atoms with Crippen molar-refractivity contribution < 1.29 is 8.83 Å². The van der Waals surface area contributed by atoms with Gasteiger partial charge in [-0.2, -0.15) is 0 Å². The molecule has 0 aliphatic carbocycles. The van der Waals surface area contributed by atoms with E-state index < -0.39 is 0 Å². The summed E-state index contributed by atoms with van der Waals surface area (Å²) in [6.45, 7) is 0. The van der Waals surface area contributed by atoms with E-state index in [0.717, 1.165) is 99.5 Å². The van der Waals surface area contributed by atoms with Crippen LogP contribution in [0.25, 0.3) is 139 Å². The standard InChI is InChI=1S/C63H38N4O2/c1-4-17-39(18-5-1)42-31-35-53-51(38-42)46-25-10-13-28-52(46)67(53)54-36-34-47(58-50-27-12-15-30-56(50)69-60(54)58)48-33-32-45(57-49-26-11-14-29-55(49)68-59(48)57)43-23-16-24-44(37-43)63-65-61(40-19-6-2-7-20-40)64-62(66-63)41-21-8-3-9-22-41/h1-38H. The van der Waals surface area contributed by atoms with Gasteiger partial charge in [-0.1, -0.05) is 182 Å². The lowest BCUT2D eigenvalue weighted by atomic mass is 9.92. The number of benzene rings is 10. The largest absolute Gasteiger partial charge is 0.455 e. The van der Waals surface area contributed by atoms with Gasteiger partial charge in [0.05, 0.1) is 16.7 Å². The van der Waals surface area contributed by atoms with Gasteiger partial charge in [0.25, 0.3) is 0 Å². The van der Waals surface area contributed by atoms with E-state index in [-0.39, 0.29) is 0 Å². The molecule has 6 nitrogen and oxygen atoms in total. The Morgan fingerprint density at radius 2 is 0.783 bits per heavy atom. The smallest absolute Gasteiger partial charge is 0.164 e. The Hall–Kier alpha value is -9.39. The molecule has 0 radical (unpaired) electrons. The number of aromatic nitrogens is 4. The van der Waals surface area contributed by atoms with Gasteiger partial charge in [-0.05, 0) is 76.3 Å². The molecule has 10 aromatic carbocycles. The van der Waals surface area contributed by atoms with Crippen LogP contribution < -0.4 is 0 Å². The highest BCUT2D eigenvalue weighted by molar-refractivity contribution is 6.22. The molecule has 69 heavy (non-hydrogen) atoms. The van der Waals surface area contributed by atoms with E-state index in [9.17, 15) is 0 Å². The van der Waals surface area contributed by atoms with Gasteiger partial charge >= 0.3 is 0 Å².